The molecule has 20 heavy (non-hydrogen) atoms. The SMILES string of the molecule is COc1cc(OC2(C)CC(C)(N)C2(C)C)ccc1C#N. The third-order valence-electron chi connectivity index (χ3n) is 5.09. The molecule has 1 aliphatic rings. The van der Waals surface area contributed by atoms with E-state index in [0.717, 1.165) is 6.42 Å². The molecule has 0 radical (unpaired) electrons. The van der Waals surface area contributed by atoms with E-state index < -0.39 is 0 Å². The first-order chi connectivity index (χ1) is 9.17. The molecule has 1 aromatic carbocycles. The normalized spacial score (nSPS) is 31.1. The zero-order chi connectivity index (χ0) is 15.2. The first-order valence-electron chi connectivity index (χ1n) is 6.73. The van der Waals surface area contributed by atoms with E-state index in [1.165, 1.54) is 0 Å². The van der Waals surface area contributed by atoms with Crippen molar-refractivity contribution in [3.05, 3.63) is 23.8 Å². The minimum atomic E-state index is -0.324. The molecule has 108 valence electrons. The number of nitrogens with two attached hydrogens (primary N) is 1. The molecule has 0 aliphatic heterocycles. The molecule has 0 spiro atoms. The van der Waals surface area contributed by atoms with E-state index in [4.69, 9.17) is 20.5 Å². The lowest BCUT2D eigenvalue weighted by molar-refractivity contribution is -0.171. The number of benzene rings is 1. The Bertz CT molecular complexity index is 572. The fourth-order valence-electron chi connectivity index (χ4n) is 2.89. The lowest BCUT2D eigenvalue weighted by Crippen LogP contribution is -2.75. The summed E-state index contributed by atoms with van der Waals surface area (Å²) < 4.78 is 11.4. The standard InChI is InChI=1S/C16H22N2O2/c1-14(2)15(3,18)10-16(14,4)20-12-7-6-11(9-17)13(8-12)19-5/h6-8H,10,18H2,1-5H3. The Morgan fingerprint density at radius 2 is 1.90 bits per heavy atom. The van der Waals surface area contributed by atoms with Gasteiger partial charge in [0.2, 0.25) is 0 Å². The van der Waals surface area contributed by atoms with Crippen molar-refractivity contribution >= 4 is 0 Å². The maximum Gasteiger partial charge on any atom is 0.140 e. The maximum atomic E-state index is 8.99. The van der Waals surface area contributed by atoms with Gasteiger partial charge in [-0.3, -0.25) is 0 Å². The Hall–Kier alpha value is -1.73. The fraction of sp³-hybridized carbons (Fsp3) is 0.562. The predicted molar refractivity (Wildman–Crippen MR) is 77.7 cm³/mol. The molecule has 1 saturated carbocycles. The van der Waals surface area contributed by atoms with Crippen LogP contribution in [0, 0.1) is 16.7 Å². The van der Waals surface area contributed by atoms with Crippen molar-refractivity contribution < 1.29 is 9.47 Å². The van der Waals surface area contributed by atoms with Gasteiger partial charge in [0.15, 0.2) is 0 Å². The molecule has 2 atom stereocenters. The molecular weight excluding hydrogens is 252 g/mol. The minimum absolute atomic E-state index is 0.138. The Morgan fingerprint density at radius 1 is 1.25 bits per heavy atom. The van der Waals surface area contributed by atoms with Gasteiger partial charge in [0, 0.05) is 23.4 Å². The van der Waals surface area contributed by atoms with Crippen molar-refractivity contribution in [2.45, 2.75) is 45.3 Å². The van der Waals surface area contributed by atoms with Gasteiger partial charge in [-0.2, -0.15) is 5.26 Å². The molecule has 4 nitrogen and oxygen atoms in total. The van der Waals surface area contributed by atoms with Gasteiger partial charge in [-0.1, -0.05) is 13.8 Å². The summed E-state index contributed by atoms with van der Waals surface area (Å²) in [6.45, 7) is 8.37. The van der Waals surface area contributed by atoms with Crippen LogP contribution in [-0.4, -0.2) is 18.2 Å². The molecule has 1 fully saturated rings. The van der Waals surface area contributed by atoms with Crippen LogP contribution in [0.5, 0.6) is 11.5 Å². The monoisotopic (exact) mass is 274 g/mol. The molecule has 1 aromatic rings. The van der Waals surface area contributed by atoms with Gasteiger partial charge < -0.3 is 15.2 Å². The number of nitrogens with zero attached hydrogens (tertiary/aromatic N) is 1. The Balaban J connectivity index is 2.26. The van der Waals surface area contributed by atoms with Crippen LogP contribution in [0.2, 0.25) is 0 Å². The smallest absolute Gasteiger partial charge is 0.140 e. The zero-order valence-electron chi connectivity index (χ0n) is 12.8. The first-order valence-corrected chi connectivity index (χ1v) is 6.73. The molecule has 0 aromatic heterocycles. The summed E-state index contributed by atoms with van der Waals surface area (Å²) in [7, 11) is 1.55. The zero-order valence-corrected chi connectivity index (χ0v) is 12.8. The van der Waals surface area contributed by atoms with Crippen LogP contribution in [-0.2, 0) is 0 Å². The van der Waals surface area contributed by atoms with Crippen LogP contribution in [0.4, 0.5) is 0 Å². The molecule has 0 saturated heterocycles. The molecule has 0 heterocycles. The van der Waals surface area contributed by atoms with Gasteiger partial charge in [-0.25, -0.2) is 0 Å². The lowest BCUT2D eigenvalue weighted by atomic mass is 9.48. The van der Waals surface area contributed by atoms with E-state index in [1.54, 1.807) is 25.3 Å². The van der Waals surface area contributed by atoms with Crippen LogP contribution in [0.25, 0.3) is 0 Å². The quantitative estimate of drug-likeness (QED) is 0.920. The van der Waals surface area contributed by atoms with Crippen molar-refractivity contribution in [3.8, 4) is 17.6 Å². The fourth-order valence-corrected chi connectivity index (χ4v) is 2.89. The van der Waals surface area contributed by atoms with Gasteiger partial charge in [0.05, 0.1) is 12.7 Å². The first kappa shape index (κ1) is 14.7. The average Bonchev–Trinajstić information content (AvgIpc) is 2.37. The summed E-state index contributed by atoms with van der Waals surface area (Å²) in [5, 5.41) is 8.99. The van der Waals surface area contributed by atoms with Crippen LogP contribution in [0.1, 0.15) is 39.7 Å². The van der Waals surface area contributed by atoms with E-state index in [9.17, 15) is 0 Å². The van der Waals surface area contributed by atoms with Gasteiger partial charge in [-0.05, 0) is 26.0 Å². The molecule has 2 unspecified atom stereocenters. The highest BCUT2D eigenvalue weighted by atomic mass is 16.5. The van der Waals surface area contributed by atoms with Crippen LogP contribution in [0.3, 0.4) is 0 Å². The minimum Gasteiger partial charge on any atom is -0.495 e. The summed E-state index contributed by atoms with van der Waals surface area (Å²) in [6, 6.07) is 7.36. The predicted octanol–water partition coefficient (Wildman–Crippen LogP) is 2.85. The summed E-state index contributed by atoms with van der Waals surface area (Å²) in [4.78, 5) is 0. The number of hydrogen-bond acceptors (Lipinski definition) is 4. The lowest BCUT2D eigenvalue weighted by Gasteiger charge is -2.64. The molecular formula is C16H22N2O2. The van der Waals surface area contributed by atoms with E-state index in [1.807, 2.05) is 0 Å². The second-order valence-corrected chi connectivity index (χ2v) is 6.53. The Morgan fingerprint density at radius 3 is 2.35 bits per heavy atom. The second-order valence-electron chi connectivity index (χ2n) is 6.53. The van der Waals surface area contributed by atoms with Crippen molar-refractivity contribution in [2.75, 3.05) is 7.11 Å². The van der Waals surface area contributed by atoms with Crippen molar-refractivity contribution in [1.29, 1.82) is 5.26 Å². The van der Waals surface area contributed by atoms with Gasteiger partial charge >= 0.3 is 0 Å². The molecule has 2 N–H and O–H groups in total. The van der Waals surface area contributed by atoms with E-state index >= 15 is 0 Å². The molecule has 2 rings (SSSR count). The Labute approximate surface area is 120 Å². The number of methoxy groups -OCH3 is 1. The maximum absolute atomic E-state index is 8.99. The number of nitriles is 1. The third-order valence-corrected chi connectivity index (χ3v) is 5.09. The molecule has 1 aliphatic carbocycles. The van der Waals surface area contributed by atoms with E-state index in [2.05, 4.69) is 33.8 Å². The van der Waals surface area contributed by atoms with Crippen molar-refractivity contribution in [2.24, 2.45) is 11.1 Å². The van der Waals surface area contributed by atoms with Crippen LogP contribution < -0.4 is 15.2 Å². The topological polar surface area (TPSA) is 68.3 Å². The van der Waals surface area contributed by atoms with E-state index in [-0.39, 0.29) is 16.6 Å². The number of rotatable bonds is 3. The highest BCUT2D eigenvalue weighted by Crippen LogP contribution is 2.57. The molecule has 4 heteroatoms. The van der Waals surface area contributed by atoms with Crippen LogP contribution in [0.15, 0.2) is 18.2 Å². The summed E-state index contributed by atoms with van der Waals surface area (Å²) in [5.74, 6) is 1.23. The van der Waals surface area contributed by atoms with Crippen molar-refractivity contribution in [3.63, 3.8) is 0 Å². The van der Waals surface area contributed by atoms with Crippen molar-refractivity contribution in [1.82, 2.24) is 0 Å². The highest BCUT2D eigenvalue weighted by molar-refractivity contribution is 5.47. The third kappa shape index (κ3) is 1.94. The average molecular weight is 274 g/mol. The highest BCUT2D eigenvalue weighted by Gasteiger charge is 2.64. The van der Waals surface area contributed by atoms with Gasteiger partial charge in [-0.15, -0.1) is 0 Å². The number of hydrogen-bond donors (Lipinski definition) is 1. The van der Waals surface area contributed by atoms with Crippen LogP contribution >= 0.6 is 0 Å². The van der Waals surface area contributed by atoms with E-state index in [0.29, 0.717) is 17.1 Å². The second kappa shape index (κ2) is 4.39. The largest absolute Gasteiger partial charge is 0.495 e. The Kier molecular flexibility index (Phi) is 3.22. The number of ether oxygens (including phenoxy) is 2. The van der Waals surface area contributed by atoms with Gasteiger partial charge in [0.25, 0.3) is 0 Å². The van der Waals surface area contributed by atoms with Gasteiger partial charge in [0.1, 0.15) is 23.2 Å². The molecule has 0 bridgehead atoms. The summed E-state index contributed by atoms with van der Waals surface area (Å²) in [5.41, 5.74) is 6.08. The summed E-state index contributed by atoms with van der Waals surface area (Å²) in [6.07, 6.45) is 0.787. The summed E-state index contributed by atoms with van der Waals surface area (Å²) >= 11 is 0. The molecule has 0 amide bonds.